The molecule has 2 aliphatic heterocycles. The summed E-state index contributed by atoms with van der Waals surface area (Å²) in [5, 5.41) is 7.47. The van der Waals surface area contributed by atoms with Gasteiger partial charge in [-0.3, -0.25) is 0 Å². The molecular formula is C12H21N5O2. The van der Waals surface area contributed by atoms with Gasteiger partial charge in [0.15, 0.2) is 0 Å². The summed E-state index contributed by atoms with van der Waals surface area (Å²) in [6.07, 6.45) is 0.737. The number of nitrogens with one attached hydrogen (secondary N) is 1. The zero-order valence-electron chi connectivity index (χ0n) is 11.3. The summed E-state index contributed by atoms with van der Waals surface area (Å²) in [4.78, 5) is 8.97. The molecule has 106 valence electrons. The van der Waals surface area contributed by atoms with E-state index in [2.05, 4.69) is 32.3 Å². The molecule has 0 aromatic carbocycles. The van der Waals surface area contributed by atoms with Gasteiger partial charge in [-0.25, -0.2) is 0 Å². The Bertz CT molecular complexity index is 397. The third kappa shape index (κ3) is 3.23. The maximum absolute atomic E-state index is 5.42. The molecule has 0 saturated carbocycles. The Hall–Kier alpha value is -1.18. The van der Waals surface area contributed by atoms with Crippen LogP contribution in [0.2, 0.25) is 0 Å². The first-order chi connectivity index (χ1) is 9.31. The molecule has 2 fully saturated rings. The van der Waals surface area contributed by atoms with Crippen LogP contribution in [0.4, 0.5) is 5.95 Å². The number of nitrogens with zero attached hydrogens (tertiary/aromatic N) is 4. The SMILES string of the molecule is CN1CCN(c2noc(CC3COCCN3)n2)CC1. The lowest BCUT2D eigenvalue weighted by Crippen LogP contribution is -2.45. The van der Waals surface area contributed by atoms with Crippen LogP contribution in [-0.2, 0) is 11.2 Å². The van der Waals surface area contributed by atoms with Crippen molar-refractivity contribution in [3.05, 3.63) is 5.89 Å². The van der Waals surface area contributed by atoms with Crippen LogP contribution >= 0.6 is 0 Å². The summed E-state index contributed by atoms with van der Waals surface area (Å²) < 4.78 is 10.8. The average molecular weight is 267 g/mol. The van der Waals surface area contributed by atoms with E-state index in [-0.39, 0.29) is 6.04 Å². The highest BCUT2D eigenvalue weighted by atomic mass is 16.5. The predicted octanol–water partition coefficient (Wildman–Crippen LogP) is -0.648. The van der Waals surface area contributed by atoms with E-state index in [9.17, 15) is 0 Å². The summed E-state index contributed by atoms with van der Waals surface area (Å²) >= 11 is 0. The fourth-order valence-electron chi connectivity index (χ4n) is 2.43. The van der Waals surface area contributed by atoms with E-state index in [1.165, 1.54) is 0 Å². The Kier molecular flexibility index (Phi) is 3.95. The topological polar surface area (TPSA) is 66.7 Å². The lowest BCUT2D eigenvalue weighted by atomic mass is 10.2. The minimum Gasteiger partial charge on any atom is -0.378 e. The second-order valence-corrected chi connectivity index (χ2v) is 5.21. The monoisotopic (exact) mass is 267 g/mol. The molecule has 0 amide bonds. The van der Waals surface area contributed by atoms with Gasteiger partial charge >= 0.3 is 0 Å². The Balaban J connectivity index is 1.56. The molecule has 1 atom stereocenters. The molecule has 0 aliphatic carbocycles. The molecule has 7 nitrogen and oxygen atoms in total. The Morgan fingerprint density at radius 3 is 2.89 bits per heavy atom. The number of hydrogen-bond donors (Lipinski definition) is 1. The van der Waals surface area contributed by atoms with Gasteiger partial charge in [0, 0.05) is 45.2 Å². The first-order valence-corrected chi connectivity index (χ1v) is 6.88. The molecule has 3 rings (SSSR count). The number of hydrogen-bond acceptors (Lipinski definition) is 7. The van der Waals surface area contributed by atoms with Crippen molar-refractivity contribution in [2.75, 3.05) is 57.9 Å². The zero-order chi connectivity index (χ0) is 13.1. The summed E-state index contributed by atoms with van der Waals surface area (Å²) in [5.41, 5.74) is 0. The van der Waals surface area contributed by atoms with Gasteiger partial charge in [-0.05, 0) is 12.2 Å². The first kappa shape index (κ1) is 12.8. The van der Waals surface area contributed by atoms with Gasteiger partial charge in [-0.2, -0.15) is 4.98 Å². The highest BCUT2D eigenvalue weighted by Crippen LogP contribution is 2.13. The molecule has 1 aromatic heterocycles. The summed E-state index contributed by atoms with van der Waals surface area (Å²) in [5.74, 6) is 1.41. The lowest BCUT2D eigenvalue weighted by molar-refractivity contribution is 0.0744. The van der Waals surface area contributed by atoms with E-state index in [1.807, 2.05) is 0 Å². The minimum absolute atomic E-state index is 0.287. The second kappa shape index (κ2) is 5.85. The molecule has 0 radical (unpaired) electrons. The number of aromatic nitrogens is 2. The fraction of sp³-hybridized carbons (Fsp3) is 0.833. The normalized spacial score (nSPS) is 25.7. The number of rotatable bonds is 3. The van der Waals surface area contributed by atoms with Crippen LogP contribution in [0.25, 0.3) is 0 Å². The van der Waals surface area contributed by atoms with Gasteiger partial charge in [0.05, 0.1) is 13.2 Å². The lowest BCUT2D eigenvalue weighted by Gasteiger charge is -2.31. The summed E-state index contributed by atoms with van der Waals surface area (Å²) in [6, 6.07) is 0.287. The van der Waals surface area contributed by atoms with E-state index < -0.39 is 0 Å². The van der Waals surface area contributed by atoms with Crippen molar-refractivity contribution in [1.82, 2.24) is 20.4 Å². The highest BCUT2D eigenvalue weighted by molar-refractivity contribution is 5.28. The van der Waals surface area contributed by atoms with Crippen LogP contribution in [0.3, 0.4) is 0 Å². The first-order valence-electron chi connectivity index (χ1n) is 6.88. The molecular weight excluding hydrogens is 246 g/mol. The predicted molar refractivity (Wildman–Crippen MR) is 70.3 cm³/mol. The zero-order valence-corrected chi connectivity index (χ0v) is 11.3. The van der Waals surface area contributed by atoms with E-state index in [1.54, 1.807) is 0 Å². The van der Waals surface area contributed by atoms with Crippen LogP contribution in [0.1, 0.15) is 5.89 Å². The van der Waals surface area contributed by atoms with Crippen molar-refractivity contribution in [1.29, 1.82) is 0 Å². The molecule has 2 aliphatic rings. The molecule has 0 spiro atoms. The standard InChI is InChI=1S/C12H21N5O2/c1-16-3-5-17(6-4-16)12-14-11(19-15-12)8-10-9-18-7-2-13-10/h10,13H,2-9H2,1H3. The third-order valence-electron chi connectivity index (χ3n) is 3.66. The fourth-order valence-corrected chi connectivity index (χ4v) is 2.43. The maximum atomic E-state index is 5.42. The molecule has 1 unspecified atom stereocenters. The molecule has 1 aromatic rings. The van der Waals surface area contributed by atoms with Crippen LogP contribution < -0.4 is 10.2 Å². The van der Waals surface area contributed by atoms with Crippen molar-refractivity contribution in [3.63, 3.8) is 0 Å². The number of ether oxygens (including phenoxy) is 1. The van der Waals surface area contributed by atoms with Crippen molar-refractivity contribution in [2.24, 2.45) is 0 Å². The van der Waals surface area contributed by atoms with Gasteiger partial charge in [-0.15, -0.1) is 0 Å². The van der Waals surface area contributed by atoms with Crippen molar-refractivity contribution >= 4 is 5.95 Å². The molecule has 2 saturated heterocycles. The Labute approximate surface area is 112 Å². The number of likely N-dealkylation sites (N-methyl/N-ethyl adjacent to an activating group) is 1. The van der Waals surface area contributed by atoms with E-state index in [0.29, 0.717) is 12.5 Å². The second-order valence-electron chi connectivity index (χ2n) is 5.21. The number of morpholine rings is 1. The molecule has 3 heterocycles. The molecule has 0 bridgehead atoms. The van der Waals surface area contributed by atoms with Crippen LogP contribution in [0.5, 0.6) is 0 Å². The van der Waals surface area contributed by atoms with Crippen LogP contribution in [0.15, 0.2) is 4.52 Å². The molecule has 1 N–H and O–H groups in total. The Morgan fingerprint density at radius 2 is 2.16 bits per heavy atom. The third-order valence-corrected chi connectivity index (χ3v) is 3.66. The summed E-state index contributed by atoms with van der Waals surface area (Å²) in [6.45, 7) is 6.40. The summed E-state index contributed by atoms with van der Waals surface area (Å²) in [7, 11) is 2.13. The quantitative estimate of drug-likeness (QED) is 0.780. The van der Waals surface area contributed by atoms with Crippen molar-refractivity contribution in [3.8, 4) is 0 Å². The van der Waals surface area contributed by atoms with Crippen molar-refractivity contribution in [2.45, 2.75) is 12.5 Å². The average Bonchev–Trinajstić information content (AvgIpc) is 2.89. The van der Waals surface area contributed by atoms with Gasteiger partial charge in [-0.1, -0.05) is 0 Å². The molecule has 7 heteroatoms. The van der Waals surface area contributed by atoms with Gasteiger partial charge in [0.1, 0.15) is 0 Å². The number of anilines is 1. The molecule has 19 heavy (non-hydrogen) atoms. The number of piperazine rings is 1. The van der Waals surface area contributed by atoms with Gasteiger partial charge < -0.3 is 24.4 Å². The minimum atomic E-state index is 0.287. The van der Waals surface area contributed by atoms with Gasteiger partial charge in [0.2, 0.25) is 5.89 Å². The van der Waals surface area contributed by atoms with Gasteiger partial charge in [0.25, 0.3) is 5.95 Å². The Morgan fingerprint density at radius 1 is 1.32 bits per heavy atom. The van der Waals surface area contributed by atoms with Crippen LogP contribution in [-0.4, -0.2) is 74.1 Å². The van der Waals surface area contributed by atoms with Crippen molar-refractivity contribution < 1.29 is 9.26 Å². The van der Waals surface area contributed by atoms with E-state index in [4.69, 9.17) is 9.26 Å². The highest BCUT2D eigenvalue weighted by Gasteiger charge is 2.21. The smallest absolute Gasteiger partial charge is 0.266 e. The largest absolute Gasteiger partial charge is 0.378 e. The van der Waals surface area contributed by atoms with E-state index in [0.717, 1.165) is 51.7 Å². The van der Waals surface area contributed by atoms with Crippen LogP contribution in [0, 0.1) is 0 Å². The maximum Gasteiger partial charge on any atom is 0.266 e. The van der Waals surface area contributed by atoms with E-state index >= 15 is 0 Å².